The molecule has 2 fully saturated rings. The lowest BCUT2D eigenvalue weighted by Gasteiger charge is -2.29. The second-order valence-corrected chi connectivity index (χ2v) is 5.99. The van der Waals surface area contributed by atoms with E-state index in [9.17, 15) is 5.11 Å². The second kappa shape index (κ2) is 5.27. The van der Waals surface area contributed by atoms with E-state index in [0.29, 0.717) is 6.04 Å². The Morgan fingerprint density at radius 1 is 1.32 bits per heavy atom. The molecule has 1 saturated carbocycles. The summed E-state index contributed by atoms with van der Waals surface area (Å²) in [6, 6.07) is 2.88. The third-order valence-electron chi connectivity index (χ3n) is 4.44. The van der Waals surface area contributed by atoms with Gasteiger partial charge >= 0.3 is 0 Å². The van der Waals surface area contributed by atoms with Crippen molar-refractivity contribution in [3.05, 3.63) is 23.0 Å². The normalized spacial score (nSPS) is 22.7. The Bertz CT molecular complexity index is 444. The number of rotatable bonds is 4. The van der Waals surface area contributed by atoms with Crippen LogP contribution in [0.1, 0.15) is 41.9 Å². The van der Waals surface area contributed by atoms with Gasteiger partial charge in [0, 0.05) is 55.7 Å². The number of β-amino-alcohol motifs (C(OH)–C–C–N with tert-alkyl or cyclic N) is 1. The summed E-state index contributed by atoms with van der Waals surface area (Å²) in [6.45, 7) is 9.23. The first-order valence-electron chi connectivity index (χ1n) is 7.46. The van der Waals surface area contributed by atoms with Crippen LogP contribution in [0.15, 0.2) is 6.07 Å². The van der Waals surface area contributed by atoms with E-state index in [1.165, 1.54) is 24.2 Å². The quantitative estimate of drug-likeness (QED) is 0.862. The zero-order valence-corrected chi connectivity index (χ0v) is 12.0. The van der Waals surface area contributed by atoms with Crippen molar-refractivity contribution in [1.29, 1.82) is 0 Å². The lowest BCUT2D eigenvalue weighted by Crippen LogP contribution is -2.45. The van der Waals surface area contributed by atoms with Gasteiger partial charge in [-0.1, -0.05) is 0 Å². The largest absolute Gasteiger partial charge is 0.387 e. The minimum absolute atomic E-state index is 0.350. The predicted molar refractivity (Wildman–Crippen MR) is 76.4 cm³/mol. The molecule has 0 radical (unpaired) electrons. The van der Waals surface area contributed by atoms with Crippen LogP contribution < -0.4 is 5.32 Å². The zero-order valence-electron chi connectivity index (χ0n) is 12.0. The first-order valence-corrected chi connectivity index (χ1v) is 7.46. The molecule has 1 unspecified atom stereocenters. The lowest BCUT2D eigenvalue weighted by atomic mass is 10.1. The highest BCUT2D eigenvalue weighted by Gasteiger charge is 2.28. The van der Waals surface area contributed by atoms with Crippen molar-refractivity contribution in [2.45, 2.75) is 38.8 Å². The molecule has 0 bridgehead atoms. The molecule has 1 aromatic heterocycles. The predicted octanol–water partition coefficient (Wildman–Crippen LogP) is 1.38. The number of piperazine rings is 1. The Balaban J connectivity index is 1.72. The van der Waals surface area contributed by atoms with E-state index in [2.05, 4.69) is 34.7 Å². The van der Waals surface area contributed by atoms with Crippen LogP contribution in [0.5, 0.6) is 0 Å². The molecule has 1 aromatic rings. The first kappa shape index (κ1) is 13.2. The summed E-state index contributed by atoms with van der Waals surface area (Å²) >= 11 is 0. The molecule has 0 aromatic carbocycles. The highest BCUT2D eigenvalue weighted by atomic mass is 16.3. The number of hydrogen-bond donors (Lipinski definition) is 2. The molecule has 106 valence electrons. The van der Waals surface area contributed by atoms with Crippen LogP contribution in [0, 0.1) is 13.8 Å². The summed E-state index contributed by atoms with van der Waals surface area (Å²) in [4.78, 5) is 2.35. The van der Waals surface area contributed by atoms with Gasteiger partial charge in [-0.15, -0.1) is 0 Å². The topological polar surface area (TPSA) is 40.4 Å². The van der Waals surface area contributed by atoms with Gasteiger partial charge in [0.1, 0.15) is 0 Å². The summed E-state index contributed by atoms with van der Waals surface area (Å²) in [7, 11) is 0. The van der Waals surface area contributed by atoms with Crippen LogP contribution in [0.25, 0.3) is 0 Å². The zero-order chi connectivity index (χ0) is 13.4. The highest BCUT2D eigenvalue weighted by molar-refractivity contribution is 5.30. The molecule has 19 heavy (non-hydrogen) atoms. The van der Waals surface area contributed by atoms with Crippen molar-refractivity contribution in [1.82, 2.24) is 14.8 Å². The van der Waals surface area contributed by atoms with Crippen LogP contribution in [-0.2, 0) is 0 Å². The van der Waals surface area contributed by atoms with Crippen molar-refractivity contribution in [2.75, 3.05) is 32.7 Å². The molecule has 1 saturated heterocycles. The molecule has 3 rings (SSSR count). The molecular weight excluding hydrogens is 238 g/mol. The van der Waals surface area contributed by atoms with Gasteiger partial charge in [-0.05, 0) is 32.8 Å². The molecule has 1 aliphatic heterocycles. The third-order valence-corrected chi connectivity index (χ3v) is 4.44. The van der Waals surface area contributed by atoms with Gasteiger partial charge in [0.05, 0.1) is 6.10 Å². The summed E-state index contributed by atoms with van der Waals surface area (Å²) in [6.07, 6.45) is 2.24. The number of aliphatic hydroxyl groups is 1. The Kier molecular flexibility index (Phi) is 3.65. The number of aromatic nitrogens is 1. The summed E-state index contributed by atoms with van der Waals surface area (Å²) in [5.41, 5.74) is 3.69. The molecular formula is C15H25N3O. The average Bonchev–Trinajstić information content (AvgIpc) is 3.17. The maximum atomic E-state index is 10.5. The maximum absolute atomic E-state index is 10.5. The SMILES string of the molecule is Cc1cc(C(O)CN2CCNCC2)c(C)n1C1CC1. The molecule has 0 spiro atoms. The summed E-state index contributed by atoms with van der Waals surface area (Å²) in [5, 5.41) is 13.9. The Morgan fingerprint density at radius 2 is 2.00 bits per heavy atom. The average molecular weight is 263 g/mol. The van der Waals surface area contributed by atoms with Crippen LogP contribution >= 0.6 is 0 Å². The molecule has 4 heteroatoms. The lowest BCUT2D eigenvalue weighted by molar-refractivity contribution is 0.105. The van der Waals surface area contributed by atoms with Gasteiger partial charge in [-0.25, -0.2) is 0 Å². The monoisotopic (exact) mass is 263 g/mol. The third kappa shape index (κ3) is 2.71. The van der Waals surface area contributed by atoms with E-state index >= 15 is 0 Å². The van der Waals surface area contributed by atoms with Gasteiger partial charge in [-0.3, -0.25) is 4.90 Å². The van der Waals surface area contributed by atoms with Gasteiger partial charge in [0.25, 0.3) is 0 Å². The molecule has 2 heterocycles. The number of aliphatic hydroxyl groups excluding tert-OH is 1. The Morgan fingerprint density at radius 3 is 2.63 bits per heavy atom. The van der Waals surface area contributed by atoms with Crippen LogP contribution in [-0.4, -0.2) is 47.3 Å². The molecule has 2 aliphatic rings. The van der Waals surface area contributed by atoms with Crippen LogP contribution in [0.2, 0.25) is 0 Å². The summed E-state index contributed by atoms with van der Waals surface area (Å²) in [5.74, 6) is 0. The smallest absolute Gasteiger partial charge is 0.0934 e. The number of hydrogen-bond acceptors (Lipinski definition) is 3. The fourth-order valence-corrected chi connectivity index (χ4v) is 3.27. The Hall–Kier alpha value is -0.840. The van der Waals surface area contributed by atoms with Crippen LogP contribution in [0.4, 0.5) is 0 Å². The molecule has 4 nitrogen and oxygen atoms in total. The van der Waals surface area contributed by atoms with Gasteiger partial charge in [-0.2, -0.15) is 0 Å². The second-order valence-electron chi connectivity index (χ2n) is 5.99. The van der Waals surface area contributed by atoms with E-state index in [1.807, 2.05) is 0 Å². The number of nitrogens with one attached hydrogen (secondary N) is 1. The van der Waals surface area contributed by atoms with Crippen molar-refractivity contribution in [3.63, 3.8) is 0 Å². The van der Waals surface area contributed by atoms with E-state index in [1.54, 1.807) is 0 Å². The first-order chi connectivity index (χ1) is 9.16. The van der Waals surface area contributed by atoms with Crippen molar-refractivity contribution in [3.8, 4) is 0 Å². The van der Waals surface area contributed by atoms with Crippen LogP contribution in [0.3, 0.4) is 0 Å². The van der Waals surface area contributed by atoms with E-state index in [-0.39, 0.29) is 6.10 Å². The fourth-order valence-electron chi connectivity index (χ4n) is 3.27. The number of nitrogens with zero attached hydrogens (tertiary/aromatic N) is 2. The number of aryl methyl sites for hydroxylation is 1. The molecule has 1 aliphatic carbocycles. The van der Waals surface area contributed by atoms with E-state index in [0.717, 1.165) is 38.3 Å². The summed E-state index contributed by atoms with van der Waals surface area (Å²) < 4.78 is 2.41. The maximum Gasteiger partial charge on any atom is 0.0934 e. The van der Waals surface area contributed by atoms with E-state index < -0.39 is 0 Å². The molecule has 0 amide bonds. The minimum Gasteiger partial charge on any atom is -0.387 e. The van der Waals surface area contributed by atoms with Crippen molar-refractivity contribution < 1.29 is 5.11 Å². The van der Waals surface area contributed by atoms with Gasteiger partial charge in [0.15, 0.2) is 0 Å². The fraction of sp³-hybridized carbons (Fsp3) is 0.733. The van der Waals surface area contributed by atoms with Crippen molar-refractivity contribution in [2.24, 2.45) is 0 Å². The Labute approximate surface area is 115 Å². The van der Waals surface area contributed by atoms with E-state index in [4.69, 9.17) is 0 Å². The molecule has 2 N–H and O–H groups in total. The standard InChI is InChI=1S/C15H25N3O/c1-11-9-14(12(2)18(11)13-3-4-13)15(19)10-17-7-5-16-6-8-17/h9,13,15-16,19H,3-8,10H2,1-2H3. The van der Waals surface area contributed by atoms with Crippen molar-refractivity contribution >= 4 is 0 Å². The van der Waals surface area contributed by atoms with Gasteiger partial charge < -0.3 is 15.0 Å². The minimum atomic E-state index is -0.350. The molecule has 1 atom stereocenters. The van der Waals surface area contributed by atoms with Gasteiger partial charge in [0.2, 0.25) is 0 Å². The highest BCUT2D eigenvalue weighted by Crippen LogP contribution is 2.39.